The van der Waals surface area contributed by atoms with Gasteiger partial charge in [0.25, 0.3) is 10.0 Å². The number of piperazine rings is 1. The number of fused-ring (bicyclic) bond motifs is 1. The van der Waals surface area contributed by atoms with Crippen molar-refractivity contribution in [1.82, 2.24) is 19.2 Å². The monoisotopic (exact) mass is 669 g/mol. The summed E-state index contributed by atoms with van der Waals surface area (Å²) in [6.07, 6.45) is 0.898. The summed E-state index contributed by atoms with van der Waals surface area (Å²) in [5.74, 6) is 1.08. The number of nitrogens with zero attached hydrogens (tertiary/aromatic N) is 5. The molecule has 0 aliphatic carbocycles. The number of anilines is 1. The highest BCUT2D eigenvalue weighted by atomic mass is 32.2. The molecule has 46 heavy (non-hydrogen) atoms. The number of amides is 1. The Labute approximate surface area is 269 Å². The number of methoxy groups -OCH3 is 2. The van der Waals surface area contributed by atoms with Gasteiger partial charge in [0.15, 0.2) is 0 Å². The molecular formula is C31H32FN5O7S2. The van der Waals surface area contributed by atoms with E-state index in [1.165, 1.54) is 48.0 Å². The third-order valence-corrected chi connectivity index (χ3v) is 10.8. The molecule has 2 aliphatic rings. The van der Waals surface area contributed by atoms with Gasteiger partial charge in [0, 0.05) is 66.9 Å². The number of aromatic nitrogens is 2. The minimum absolute atomic E-state index is 0.0142. The lowest BCUT2D eigenvalue weighted by atomic mass is 9.93. The van der Waals surface area contributed by atoms with Gasteiger partial charge in [-0.15, -0.1) is 0 Å². The highest BCUT2D eigenvalue weighted by molar-refractivity contribution is 7.93. The SMILES string of the molecule is COc1ccc(CN(c2ncns2)S(=O)(=O)c2ccc3c(c2)OCC[C@@H]3N2CCN(C(=O)O)C[C@H]2c2ccc(F)cc2)c(OC)c1. The Balaban J connectivity index is 1.33. The average molecular weight is 670 g/mol. The van der Waals surface area contributed by atoms with E-state index in [-0.39, 0.29) is 41.0 Å². The Morgan fingerprint density at radius 3 is 2.59 bits per heavy atom. The van der Waals surface area contributed by atoms with E-state index in [1.807, 2.05) is 0 Å². The van der Waals surface area contributed by atoms with Crippen LogP contribution in [0, 0.1) is 5.82 Å². The number of carbonyl (C=O) groups is 1. The van der Waals surface area contributed by atoms with Gasteiger partial charge in [-0.3, -0.25) is 4.90 Å². The highest BCUT2D eigenvalue weighted by Crippen LogP contribution is 2.43. The van der Waals surface area contributed by atoms with Gasteiger partial charge in [-0.2, -0.15) is 4.37 Å². The van der Waals surface area contributed by atoms with Crippen LogP contribution in [0.5, 0.6) is 17.2 Å². The lowest BCUT2D eigenvalue weighted by molar-refractivity contribution is 0.0264. The Bertz CT molecular complexity index is 1810. The van der Waals surface area contributed by atoms with E-state index >= 15 is 0 Å². The van der Waals surface area contributed by atoms with Gasteiger partial charge in [0.2, 0.25) is 5.13 Å². The molecule has 4 aromatic rings. The molecule has 0 spiro atoms. The Hall–Kier alpha value is -4.47. The molecule has 0 bridgehead atoms. The molecule has 2 atom stereocenters. The second-order valence-corrected chi connectivity index (χ2v) is 13.4. The largest absolute Gasteiger partial charge is 0.497 e. The van der Waals surface area contributed by atoms with E-state index in [0.29, 0.717) is 48.9 Å². The molecule has 2 aliphatic heterocycles. The predicted octanol–water partition coefficient (Wildman–Crippen LogP) is 4.95. The van der Waals surface area contributed by atoms with Crippen molar-refractivity contribution in [2.45, 2.75) is 29.9 Å². The number of sulfonamides is 1. The van der Waals surface area contributed by atoms with Gasteiger partial charge in [-0.05, 0) is 35.9 Å². The average Bonchev–Trinajstić information content (AvgIpc) is 3.61. The molecule has 1 fully saturated rings. The van der Waals surface area contributed by atoms with E-state index in [9.17, 15) is 22.7 Å². The fraction of sp³-hybridized carbons (Fsp3) is 0.323. The summed E-state index contributed by atoms with van der Waals surface area (Å²) in [6.45, 7) is 1.22. The van der Waals surface area contributed by atoms with E-state index in [0.717, 1.165) is 22.7 Å². The molecule has 6 rings (SSSR count). The first kappa shape index (κ1) is 31.5. The fourth-order valence-electron chi connectivity index (χ4n) is 5.98. The van der Waals surface area contributed by atoms with Crippen LogP contribution in [0.1, 0.15) is 35.2 Å². The summed E-state index contributed by atoms with van der Waals surface area (Å²) in [5.41, 5.74) is 2.19. The number of rotatable bonds is 9. The molecule has 15 heteroatoms. The molecule has 12 nitrogen and oxygen atoms in total. The maximum atomic E-state index is 14.2. The van der Waals surface area contributed by atoms with Gasteiger partial charge in [-0.1, -0.05) is 18.2 Å². The van der Waals surface area contributed by atoms with Gasteiger partial charge >= 0.3 is 6.09 Å². The third-order valence-electron chi connectivity index (χ3n) is 8.30. The van der Waals surface area contributed by atoms with Gasteiger partial charge in [-0.25, -0.2) is 26.9 Å². The van der Waals surface area contributed by atoms with Crippen molar-refractivity contribution in [3.05, 3.63) is 89.5 Å². The van der Waals surface area contributed by atoms with Crippen LogP contribution < -0.4 is 18.5 Å². The summed E-state index contributed by atoms with van der Waals surface area (Å²) in [5, 5.41) is 9.90. The molecule has 1 amide bonds. The first-order valence-electron chi connectivity index (χ1n) is 14.5. The molecule has 3 heterocycles. The van der Waals surface area contributed by atoms with Crippen LogP contribution in [0.4, 0.5) is 14.3 Å². The second kappa shape index (κ2) is 13.1. The predicted molar refractivity (Wildman–Crippen MR) is 168 cm³/mol. The zero-order valence-electron chi connectivity index (χ0n) is 25.1. The number of hydrogen-bond donors (Lipinski definition) is 1. The van der Waals surface area contributed by atoms with Crippen LogP contribution in [0.3, 0.4) is 0 Å². The van der Waals surface area contributed by atoms with Crippen molar-refractivity contribution >= 4 is 32.8 Å². The molecule has 3 aromatic carbocycles. The minimum Gasteiger partial charge on any atom is -0.497 e. The Morgan fingerprint density at radius 2 is 1.89 bits per heavy atom. The van der Waals surface area contributed by atoms with Crippen molar-refractivity contribution in [3.63, 3.8) is 0 Å². The van der Waals surface area contributed by atoms with Crippen LogP contribution >= 0.6 is 11.5 Å². The summed E-state index contributed by atoms with van der Waals surface area (Å²) in [6, 6.07) is 15.5. The zero-order chi connectivity index (χ0) is 32.4. The summed E-state index contributed by atoms with van der Waals surface area (Å²) >= 11 is 0.955. The third kappa shape index (κ3) is 6.17. The van der Waals surface area contributed by atoms with Crippen LogP contribution in [0.25, 0.3) is 0 Å². The maximum absolute atomic E-state index is 14.2. The van der Waals surface area contributed by atoms with E-state index in [4.69, 9.17) is 14.2 Å². The fourth-order valence-corrected chi connectivity index (χ4v) is 8.12. The molecule has 1 N–H and O–H groups in total. The number of ether oxygens (including phenoxy) is 3. The Morgan fingerprint density at radius 1 is 1.09 bits per heavy atom. The van der Waals surface area contributed by atoms with Gasteiger partial charge in [0.05, 0.1) is 38.3 Å². The van der Waals surface area contributed by atoms with Crippen LogP contribution in [0.2, 0.25) is 0 Å². The van der Waals surface area contributed by atoms with Crippen LogP contribution in [-0.2, 0) is 16.6 Å². The van der Waals surface area contributed by atoms with Crippen molar-refractivity contribution in [2.75, 3.05) is 44.8 Å². The van der Waals surface area contributed by atoms with Gasteiger partial charge < -0.3 is 24.2 Å². The second-order valence-electron chi connectivity index (χ2n) is 10.8. The van der Waals surface area contributed by atoms with Crippen molar-refractivity contribution < 1.29 is 36.9 Å². The number of carboxylic acid groups (broad SMARTS) is 1. The minimum atomic E-state index is -4.16. The smallest absolute Gasteiger partial charge is 0.407 e. The van der Waals surface area contributed by atoms with E-state index < -0.39 is 16.1 Å². The summed E-state index contributed by atoms with van der Waals surface area (Å²) < 4.78 is 64.3. The lowest BCUT2D eigenvalue weighted by Crippen LogP contribution is -2.51. The molecule has 0 saturated carbocycles. The quantitative estimate of drug-likeness (QED) is 0.261. The van der Waals surface area contributed by atoms with Crippen molar-refractivity contribution in [1.29, 1.82) is 0 Å². The molecular weight excluding hydrogens is 638 g/mol. The highest BCUT2D eigenvalue weighted by Gasteiger charge is 2.38. The molecule has 242 valence electrons. The molecule has 0 radical (unpaired) electrons. The zero-order valence-corrected chi connectivity index (χ0v) is 26.7. The first-order chi connectivity index (χ1) is 22.2. The van der Waals surface area contributed by atoms with Crippen molar-refractivity contribution in [2.24, 2.45) is 0 Å². The number of benzene rings is 3. The number of hydrogen-bond acceptors (Lipinski definition) is 10. The maximum Gasteiger partial charge on any atom is 0.407 e. The summed E-state index contributed by atoms with van der Waals surface area (Å²) in [4.78, 5) is 19.6. The van der Waals surface area contributed by atoms with E-state index in [2.05, 4.69) is 14.3 Å². The van der Waals surface area contributed by atoms with E-state index in [1.54, 1.807) is 42.5 Å². The summed E-state index contributed by atoms with van der Waals surface area (Å²) in [7, 11) is -1.12. The number of halogens is 1. The molecule has 1 saturated heterocycles. The van der Waals surface area contributed by atoms with Crippen molar-refractivity contribution in [3.8, 4) is 17.2 Å². The lowest BCUT2D eigenvalue weighted by Gasteiger charge is -2.46. The topological polar surface area (TPSA) is 135 Å². The molecule has 0 unspecified atom stereocenters. The Kier molecular flexibility index (Phi) is 8.97. The van der Waals surface area contributed by atoms with Crippen LogP contribution in [-0.4, -0.2) is 79.2 Å². The van der Waals surface area contributed by atoms with Crippen LogP contribution in [0.15, 0.2) is 71.9 Å². The normalized spacial score (nSPS) is 18.4. The first-order valence-corrected chi connectivity index (χ1v) is 16.7. The molecule has 1 aromatic heterocycles. The standard InChI is InChI=1S/C31H32FN5O7S2/c1-42-23-8-5-21(28(15-23)43-2)17-37(30-33-19-34-45-30)46(40,41)24-9-10-25-26(11-14-44-29(25)16-24)36-13-12-35(31(38)39)18-27(36)20-3-6-22(32)7-4-20/h3-10,15-16,19,26-27H,11-14,17-18H2,1-2H3,(H,38,39)/t26-,27-/m0/s1. The van der Waals surface area contributed by atoms with Gasteiger partial charge in [0.1, 0.15) is 29.4 Å².